The zero-order chi connectivity index (χ0) is 31.0. The fourth-order valence-electron chi connectivity index (χ4n) is 4.55. The Hall–Kier alpha value is -4.30. The first-order valence-corrected chi connectivity index (χ1v) is 13.3. The summed E-state index contributed by atoms with van der Waals surface area (Å²) < 4.78 is 15.8. The standard InChI is InChI=1S/C28H34BN3O10/c1-16(2)13-21(29-41-23(36)15-28(42-29,14-22(34)35)27(39)40-4)31-26(38)24(17(3)33)32-25(37)20-12-8-11-19(30-20)18-9-6-5-7-10-18/h5-12,16-17,21,24,33H,13-15H2,1-4H3,(H,31,38)(H,32,37)(H,34,35)/t17-,21+,24+,28-/m1/s1. The number of aliphatic hydroxyl groups is 1. The van der Waals surface area contributed by atoms with Gasteiger partial charge in [0.2, 0.25) is 5.91 Å². The second kappa shape index (κ2) is 14.1. The van der Waals surface area contributed by atoms with Crippen LogP contribution in [0.25, 0.3) is 11.3 Å². The summed E-state index contributed by atoms with van der Waals surface area (Å²) in [6.45, 7) is 4.93. The molecule has 4 N–H and O–H groups in total. The number of aliphatic hydroxyl groups excluding tert-OH is 1. The lowest BCUT2D eigenvalue weighted by Gasteiger charge is -2.38. The average Bonchev–Trinajstić information content (AvgIpc) is 2.94. The molecule has 2 amide bonds. The van der Waals surface area contributed by atoms with Gasteiger partial charge in [-0.25, -0.2) is 9.78 Å². The number of esters is 1. The first kappa shape index (κ1) is 32.2. The highest BCUT2D eigenvalue weighted by atomic mass is 16.7. The average molecular weight is 583 g/mol. The molecule has 1 aromatic carbocycles. The van der Waals surface area contributed by atoms with Crippen molar-refractivity contribution >= 4 is 36.8 Å². The number of benzene rings is 1. The highest BCUT2D eigenvalue weighted by molar-refractivity contribution is 6.50. The van der Waals surface area contributed by atoms with E-state index in [1.165, 1.54) is 13.0 Å². The molecule has 224 valence electrons. The third kappa shape index (κ3) is 8.14. The Morgan fingerprint density at radius 3 is 2.36 bits per heavy atom. The second-order valence-electron chi connectivity index (χ2n) is 10.4. The predicted molar refractivity (Wildman–Crippen MR) is 149 cm³/mol. The topological polar surface area (TPSA) is 190 Å². The first-order valence-electron chi connectivity index (χ1n) is 13.3. The van der Waals surface area contributed by atoms with E-state index in [1.54, 1.807) is 12.1 Å². The zero-order valence-electron chi connectivity index (χ0n) is 23.7. The predicted octanol–water partition coefficient (Wildman–Crippen LogP) is 1.14. The number of hydrogen-bond acceptors (Lipinski definition) is 10. The summed E-state index contributed by atoms with van der Waals surface area (Å²) in [5.41, 5.74) is -0.852. The summed E-state index contributed by atoms with van der Waals surface area (Å²) in [6, 6.07) is 12.5. The van der Waals surface area contributed by atoms with Gasteiger partial charge in [0.1, 0.15) is 11.7 Å². The quantitative estimate of drug-likeness (QED) is 0.207. The number of methoxy groups -OCH3 is 1. The van der Waals surface area contributed by atoms with Gasteiger partial charge in [-0.15, -0.1) is 0 Å². The highest BCUT2D eigenvalue weighted by Gasteiger charge is 2.55. The van der Waals surface area contributed by atoms with E-state index in [-0.39, 0.29) is 18.0 Å². The maximum Gasteiger partial charge on any atom is 0.552 e. The number of carbonyl (C=O) groups excluding carboxylic acids is 4. The van der Waals surface area contributed by atoms with Crippen LogP contribution in [0.1, 0.15) is 50.5 Å². The molecule has 1 aliphatic heterocycles. The molecule has 4 atom stereocenters. The Balaban J connectivity index is 1.83. The number of nitrogens with one attached hydrogen (secondary N) is 2. The number of carboxylic acids is 1. The summed E-state index contributed by atoms with van der Waals surface area (Å²) in [4.78, 5) is 67.5. The summed E-state index contributed by atoms with van der Waals surface area (Å²) in [5, 5.41) is 24.9. The van der Waals surface area contributed by atoms with Crippen LogP contribution in [0.3, 0.4) is 0 Å². The van der Waals surface area contributed by atoms with E-state index in [0.717, 1.165) is 12.7 Å². The smallest absolute Gasteiger partial charge is 0.508 e. The number of hydrogen-bond donors (Lipinski definition) is 4. The van der Waals surface area contributed by atoms with Gasteiger partial charge in [0.05, 0.1) is 37.7 Å². The molecule has 3 rings (SSSR count). The van der Waals surface area contributed by atoms with Crippen LogP contribution >= 0.6 is 0 Å². The lowest BCUT2D eigenvalue weighted by molar-refractivity contribution is -0.177. The number of aliphatic carboxylic acids is 1. The second-order valence-corrected chi connectivity index (χ2v) is 10.4. The minimum atomic E-state index is -2.17. The molecule has 0 spiro atoms. The van der Waals surface area contributed by atoms with E-state index in [9.17, 15) is 34.2 Å². The molecule has 13 nitrogen and oxygen atoms in total. The Morgan fingerprint density at radius 2 is 1.76 bits per heavy atom. The van der Waals surface area contributed by atoms with Crippen molar-refractivity contribution in [3.8, 4) is 11.3 Å². The number of ether oxygens (including phenoxy) is 1. The van der Waals surface area contributed by atoms with E-state index in [4.69, 9.17) is 14.0 Å². The number of carbonyl (C=O) groups is 5. The van der Waals surface area contributed by atoms with Crippen molar-refractivity contribution in [2.45, 2.75) is 63.7 Å². The van der Waals surface area contributed by atoms with Crippen LogP contribution in [0.15, 0.2) is 48.5 Å². The first-order chi connectivity index (χ1) is 19.8. The molecule has 1 saturated heterocycles. The van der Waals surface area contributed by atoms with Crippen LogP contribution in [-0.2, 0) is 33.2 Å². The van der Waals surface area contributed by atoms with Gasteiger partial charge in [-0.05, 0) is 31.4 Å². The molecule has 0 saturated carbocycles. The molecule has 1 aliphatic rings. The number of amides is 2. The van der Waals surface area contributed by atoms with Crippen LogP contribution in [-0.4, -0.2) is 82.8 Å². The van der Waals surface area contributed by atoms with Crippen LogP contribution in [0.5, 0.6) is 0 Å². The molecule has 2 aromatic rings. The van der Waals surface area contributed by atoms with Gasteiger partial charge in [-0.2, -0.15) is 0 Å². The van der Waals surface area contributed by atoms with Crippen molar-refractivity contribution in [2.75, 3.05) is 7.11 Å². The van der Waals surface area contributed by atoms with E-state index in [2.05, 4.69) is 15.6 Å². The van der Waals surface area contributed by atoms with Crippen molar-refractivity contribution in [3.63, 3.8) is 0 Å². The Morgan fingerprint density at radius 1 is 1.07 bits per heavy atom. The van der Waals surface area contributed by atoms with Crippen molar-refractivity contribution in [2.24, 2.45) is 5.92 Å². The van der Waals surface area contributed by atoms with Crippen molar-refractivity contribution in [3.05, 3.63) is 54.2 Å². The molecular weight excluding hydrogens is 549 g/mol. The van der Waals surface area contributed by atoms with Gasteiger partial charge in [0, 0.05) is 5.56 Å². The summed E-state index contributed by atoms with van der Waals surface area (Å²) in [6.07, 6.45) is -2.78. The fraction of sp³-hybridized carbons (Fsp3) is 0.429. The molecule has 2 heterocycles. The van der Waals surface area contributed by atoms with E-state index in [0.29, 0.717) is 5.69 Å². The minimum Gasteiger partial charge on any atom is -0.508 e. The SMILES string of the molecule is COC(=O)[C@@]1(CC(=O)O)CC(=O)OB([C@H](CC(C)C)NC(=O)[C@@H](NC(=O)c2cccc(-c3ccccc3)n2)[C@@H](C)O)O1. The molecular formula is C28H34BN3O10. The molecule has 0 unspecified atom stereocenters. The largest absolute Gasteiger partial charge is 0.552 e. The maximum atomic E-state index is 13.4. The summed E-state index contributed by atoms with van der Waals surface area (Å²) in [7, 11) is -0.539. The number of rotatable bonds is 12. The van der Waals surface area contributed by atoms with Crippen molar-refractivity contribution < 1.29 is 48.2 Å². The molecule has 42 heavy (non-hydrogen) atoms. The number of nitrogens with zero attached hydrogens (tertiary/aromatic N) is 1. The van der Waals surface area contributed by atoms with Gasteiger partial charge in [-0.3, -0.25) is 19.2 Å². The van der Waals surface area contributed by atoms with Crippen LogP contribution in [0.4, 0.5) is 0 Å². The van der Waals surface area contributed by atoms with Gasteiger partial charge in [-0.1, -0.05) is 50.2 Å². The normalized spacial score (nSPS) is 18.8. The molecule has 0 bridgehead atoms. The van der Waals surface area contributed by atoms with E-state index < -0.39 is 73.4 Å². The van der Waals surface area contributed by atoms with Gasteiger partial charge in [0.15, 0.2) is 5.60 Å². The number of carboxylic acid groups (broad SMARTS) is 1. The van der Waals surface area contributed by atoms with Crippen LogP contribution in [0, 0.1) is 5.92 Å². The molecule has 1 fully saturated rings. The monoisotopic (exact) mass is 583 g/mol. The lowest BCUT2D eigenvalue weighted by Crippen LogP contribution is -2.63. The van der Waals surface area contributed by atoms with Crippen molar-refractivity contribution in [1.82, 2.24) is 15.6 Å². The van der Waals surface area contributed by atoms with Gasteiger partial charge in [0.25, 0.3) is 11.9 Å². The minimum absolute atomic E-state index is 0.00890. The molecule has 14 heteroatoms. The fourth-order valence-corrected chi connectivity index (χ4v) is 4.55. The van der Waals surface area contributed by atoms with E-state index in [1.807, 2.05) is 44.2 Å². The lowest BCUT2D eigenvalue weighted by atomic mass is 9.70. The van der Waals surface area contributed by atoms with Crippen LogP contribution in [0.2, 0.25) is 0 Å². The number of pyridine rings is 1. The third-order valence-corrected chi connectivity index (χ3v) is 6.50. The zero-order valence-corrected chi connectivity index (χ0v) is 23.7. The Bertz CT molecular complexity index is 1300. The summed E-state index contributed by atoms with van der Waals surface area (Å²) >= 11 is 0. The highest BCUT2D eigenvalue weighted by Crippen LogP contribution is 2.31. The molecule has 0 radical (unpaired) electrons. The Labute approximate surface area is 243 Å². The molecule has 0 aliphatic carbocycles. The van der Waals surface area contributed by atoms with Gasteiger partial charge < -0.3 is 34.9 Å². The van der Waals surface area contributed by atoms with E-state index >= 15 is 0 Å². The van der Waals surface area contributed by atoms with Crippen LogP contribution < -0.4 is 10.6 Å². The maximum absolute atomic E-state index is 13.4. The third-order valence-electron chi connectivity index (χ3n) is 6.50. The molecule has 1 aromatic heterocycles. The van der Waals surface area contributed by atoms with Crippen molar-refractivity contribution in [1.29, 1.82) is 0 Å². The van der Waals surface area contributed by atoms with Gasteiger partial charge >= 0.3 is 19.1 Å². The summed E-state index contributed by atoms with van der Waals surface area (Å²) in [5.74, 6) is -6.17. The number of aromatic nitrogens is 1. The Kier molecular flexibility index (Phi) is 10.8.